The van der Waals surface area contributed by atoms with E-state index in [2.05, 4.69) is 5.10 Å². The molecule has 1 N–H and O–H groups in total. The number of aryl methyl sites for hydroxylation is 2. The summed E-state index contributed by atoms with van der Waals surface area (Å²) in [5.74, 6) is -1.20. The van der Waals surface area contributed by atoms with Gasteiger partial charge in [-0.05, 0) is 56.7 Å². The number of hydrogen-bond donors (Lipinski definition) is 1. The highest BCUT2D eigenvalue weighted by Gasteiger charge is 2.37. The predicted octanol–water partition coefficient (Wildman–Crippen LogP) is 3.09. The Kier molecular flexibility index (Phi) is 6.36. The molecule has 1 atom stereocenters. The summed E-state index contributed by atoms with van der Waals surface area (Å²) >= 11 is 0. The van der Waals surface area contributed by atoms with Crippen LogP contribution in [0.3, 0.4) is 0 Å². The fraction of sp³-hybridized carbons (Fsp3) is 0.545. The molecule has 0 aliphatic carbocycles. The van der Waals surface area contributed by atoms with Gasteiger partial charge in [0.2, 0.25) is 5.91 Å². The first-order chi connectivity index (χ1) is 13.7. The van der Waals surface area contributed by atoms with Crippen molar-refractivity contribution in [2.45, 2.75) is 46.0 Å². The molecule has 1 saturated heterocycles. The fourth-order valence-electron chi connectivity index (χ4n) is 4.39. The number of amides is 1. The first-order valence-corrected chi connectivity index (χ1v) is 10.1. The van der Waals surface area contributed by atoms with Crippen LogP contribution in [-0.4, -0.2) is 45.4 Å². The minimum atomic E-state index is -0.620. The number of aliphatic hydroxyl groups is 1. The monoisotopic (exact) mass is 405 g/mol. The third-order valence-electron chi connectivity index (χ3n) is 6.18. The lowest BCUT2D eigenvalue weighted by atomic mass is 9.75. The Labute approximate surface area is 170 Å². The maximum absolute atomic E-state index is 14.1. The van der Waals surface area contributed by atoms with Crippen LogP contribution in [0.4, 0.5) is 8.78 Å². The van der Waals surface area contributed by atoms with E-state index in [1.807, 2.05) is 25.6 Å². The molecule has 1 amide bonds. The normalized spacial score (nSPS) is 19.6. The molecule has 0 radical (unpaired) electrons. The van der Waals surface area contributed by atoms with Crippen molar-refractivity contribution in [3.8, 4) is 0 Å². The molecule has 1 aromatic heterocycles. The molecule has 5 nitrogen and oxygen atoms in total. The van der Waals surface area contributed by atoms with Crippen LogP contribution in [0.5, 0.6) is 0 Å². The summed E-state index contributed by atoms with van der Waals surface area (Å²) in [6.45, 7) is 4.81. The van der Waals surface area contributed by atoms with Gasteiger partial charge in [-0.2, -0.15) is 5.10 Å². The van der Waals surface area contributed by atoms with E-state index in [-0.39, 0.29) is 18.9 Å². The zero-order valence-corrected chi connectivity index (χ0v) is 17.3. The zero-order chi connectivity index (χ0) is 21.2. The van der Waals surface area contributed by atoms with Gasteiger partial charge in [-0.25, -0.2) is 8.78 Å². The second kappa shape index (κ2) is 8.61. The molecular formula is C22H29F2N3O2. The van der Waals surface area contributed by atoms with Crippen LogP contribution in [0.1, 0.15) is 41.8 Å². The van der Waals surface area contributed by atoms with E-state index >= 15 is 0 Å². The van der Waals surface area contributed by atoms with E-state index in [0.29, 0.717) is 37.9 Å². The number of likely N-dealkylation sites (tertiary alicyclic amines) is 1. The number of carbonyl (C=O) groups is 1. The first-order valence-electron chi connectivity index (χ1n) is 10.1. The predicted molar refractivity (Wildman–Crippen MR) is 106 cm³/mol. The van der Waals surface area contributed by atoms with Gasteiger partial charge in [0.25, 0.3) is 0 Å². The molecule has 0 saturated carbocycles. The number of aromatic nitrogens is 2. The zero-order valence-electron chi connectivity index (χ0n) is 17.3. The second-order valence-corrected chi connectivity index (χ2v) is 8.26. The number of hydrogen-bond acceptors (Lipinski definition) is 3. The molecule has 1 fully saturated rings. The lowest BCUT2D eigenvalue weighted by Gasteiger charge is -2.42. The van der Waals surface area contributed by atoms with E-state index in [0.717, 1.165) is 29.4 Å². The average molecular weight is 405 g/mol. The minimum absolute atomic E-state index is 0.0322. The standard InChI is InChI=1S/C22H29F2N3O2/c1-15-19(16(2)26(3)25-15)7-8-21(29)27-10-4-9-22(13-27,14-28)12-17-5-6-18(23)11-20(17)24/h5-6,11,28H,4,7-10,12-14H2,1-3H3/t22-/m0/s1. The fourth-order valence-corrected chi connectivity index (χ4v) is 4.39. The summed E-state index contributed by atoms with van der Waals surface area (Å²) in [6, 6.07) is 3.52. The van der Waals surface area contributed by atoms with E-state index in [1.165, 1.54) is 12.1 Å². The summed E-state index contributed by atoms with van der Waals surface area (Å²) in [5.41, 5.74) is 2.86. The third-order valence-corrected chi connectivity index (χ3v) is 6.18. The van der Waals surface area contributed by atoms with E-state index < -0.39 is 17.0 Å². The van der Waals surface area contributed by atoms with Gasteiger partial charge in [0, 0.05) is 43.7 Å². The van der Waals surface area contributed by atoms with Gasteiger partial charge in [0.05, 0.1) is 12.3 Å². The van der Waals surface area contributed by atoms with Crippen LogP contribution in [0.2, 0.25) is 0 Å². The van der Waals surface area contributed by atoms with Gasteiger partial charge in [-0.1, -0.05) is 6.07 Å². The van der Waals surface area contributed by atoms with Crippen molar-refractivity contribution in [1.82, 2.24) is 14.7 Å². The highest BCUT2D eigenvalue weighted by atomic mass is 19.1. The van der Waals surface area contributed by atoms with Crippen LogP contribution in [0.25, 0.3) is 0 Å². The highest BCUT2D eigenvalue weighted by Crippen LogP contribution is 2.34. The lowest BCUT2D eigenvalue weighted by molar-refractivity contribution is -0.135. The third kappa shape index (κ3) is 4.66. The van der Waals surface area contributed by atoms with Crippen LogP contribution >= 0.6 is 0 Å². The van der Waals surface area contributed by atoms with Crippen LogP contribution < -0.4 is 0 Å². The largest absolute Gasteiger partial charge is 0.396 e. The van der Waals surface area contributed by atoms with Crippen LogP contribution in [0.15, 0.2) is 18.2 Å². The number of nitrogens with zero attached hydrogens (tertiary/aromatic N) is 3. The molecule has 3 rings (SSSR count). The van der Waals surface area contributed by atoms with Gasteiger partial charge >= 0.3 is 0 Å². The summed E-state index contributed by atoms with van der Waals surface area (Å²) in [4.78, 5) is 14.6. The summed E-state index contributed by atoms with van der Waals surface area (Å²) in [6.07, 6.45) is 2.73. The molecule has 0 spiro atoms. The smallest absolute Gasteiger partial charge is 0.222 e. The highest BCUT2D eigenvalue weighted by molar-refractivity contribution is 5.76. The van der Waals surface area contributed by atoms with E-state index in [1.54, 1.807) is 4.90 Å². The molecule has 1 aliphatic rings. The van der Waals surface area contributed by atoms with Crippen molar-refractivity contribution < 1.29 is 18.7 Å². The minimum Gasteiger partial charge on any atom is -0.396 e. The first kappa shape index (κ1) is 21.4. The summed E-state index contributed by atoms with van der Waals surface area (Å²) < 4.78 is 29.2. The van der Waals surface area contributed by atoms with Crippen molar-refractivity contribution in [1.29, 1.82) is 0 Å². The molecule has 7 heteroatoms. The topological polar surface area (TPSA) is 58.4 Å². The van der Waals surface area contributed by atoms with Gasteiger partial charge in [-0.15, -0.1) is 0 Å². The number of aliphatic hydroxyl groups excluding tert-OH is 1. The van der Waals surface area contributed by atoms with Gasteiger partial charge < -0.3 is 10.0 Å². The van der Waals surface area contributed by atoms with Crippen molar-refractivity contribution >= 4 is 5.91 Å². The maximum atomic E-state index is 14.1. The number of benzene rings is 1. The molecular weight excluding hydrogens is 376 g/mol. The van der Waals surface area contributed by atoms with Gasteiger partial charge in [0.15, 0.2) is 0 Å². The summed E-state index contributed by atoms with van der Waals surface area (Å²) in [5, 5.41) is 14.5. The Balaban J connectivity index is 1.68. The number of halogens is 2. The Morgan fingerprint density at radius 1 is 1.31 bits per heavy atom. The average Bonchev–Trinajstić information content (AvgIpc) is 2.94. The molecule has 29 heavy (non-hydrogen) atoms. The lowest BCUT2D eigenvalue weighted by Crippen LogP contribution is -2.49. The molecule has 2 aromatic rings. The molecule has 1 aliphatic heterocycles. The molecule has 0 unspecified atom stereocenters. The van der Waals surface area contributed by atoms with Crippen molar-refractivity contribution in [2.75, 3.05) is 19.7 Å². The Morgan fingerprint density at radius 2 is 2.07 bits per heavy atom. The Bertz CT molecular complexity index is 896. The van der Waals surface area contributed by atoms with Gasteiger partial charge in [0.1, 0.15) is 11.6 Å². The van der Waals surface area contributed by atoms with E-state index in [4.69, 9.17) is 0 Å². The molecule has 158 valence electrons. The molecule has 0 bridgehead atoms. The van der Waals surface area contributed by atoms with Crippen molar-refractivity contribution in [2.24, 2.45) is 12.5 Å². The Morgan fingerprint density at radius 3 is 2.69 bits per heavy atom. The van der Waals surface area contributed by atoms with Crippen LogP contribution in [-0.2, 0) is 24.7 Å². The van der Waals surface area contributed by atoms with E-state index in [9.17, 15) is 18.7 Å². The summed E-state index contributed by atoms with van der Waals surface area (Å²) in [7, 11) is 1.89. The quantitative estimate of drug-likeness (QED) is 0.804. The Hall–Kier alpha value is -2.28. The molecule has 1 aromatic carbocycles. The van der Waals surface area contributed by atoms with Crippen molar-refractivity contribution in [3.63, 3.8) is 0 Å². The van der Waals surface area contributed by atoms with Crippen LogP contribution in [0, 0.1) is 30.9 Å². The molecule has 2 heterocycles. The van der Waals surface area contributed by atoms with Gasteiger partial charge in [-0.3, -0.25) is 9.48 Å². The second-order valence-electron chi connectivity index (χ2n) is 8.26. The SMILES string of the molecule is Cc1nn(C)c(C)c1CCC(=O)N1CCC[C@](CO)(Cc2ccc(F)cc2F)C1. The number of rotatable bonds is 6. The maximum Gasteiger partial charge on any atom is 0.222 e. The van der Waals surface area contributed by atoms with Crippen molar-refractivity contribution in [3.05, 3.63) is 52.3 Å². The number of carbonyl (C=O) groups excluding carboxylic acids is 1. The number of piperidine rings is 1.